The molecule has 0 aliphatic carbocycles. The van der Waals surface area contributed by atoms with Crippen molar-refractivity contribution in [2.75, 3.05) is 6.54 Å². The number of rotatable bonds is 4. The van der Waals surface area contributed by atoms with E-state index in [1.165, 1.54) is 0 Å². The van der Waals surface area contributed by atoms with Crippen molar-refractivity contribution in [3.05, 3.63) is 71.8 Å². The molecule has 1 fully saturated rings. The summed E-state index contributed by atoms with van der Waals surface area (Å²) in [4.78, 5) is 0.371. The van der Waals surface area contributed by atoms with Crippen LogP contribution in [0.1, 0.15) is 17.5 Å². The van der Waals surface area contributed by atoms with Crippen molar-refractivity contribution in [2.45, 2.75) is 24.3 Å². The summed E-state index contributed by atoms with van der Waals surface area (Å²) in [7, 11) is -3.39. The van der Waals surface area contributed by atoms with Crippen molar-refractivity contribution >= 4 is 16.1 Å². The summed E-state index contributed by atoms with van der Waals surface area (Å²) in [6.45, 7) is 2.53. The van der Waals surface area contributed by atoms with E-state index in [0.717, 1.165) is 17.5 Å². The predicted molar refractivity (Wildman–Crippen MR) is 89.0 cm³/mol. The molecule has 0 bridgehead atoms. The molecule has 0 radical (unpaired) electrons. The molecule has 0 saturated carbocycles. The topological polar surface area (TPSA) is 37.4 Å². The number of benzene rings is 2. The molecule has 0 amide bonds. The van der Waals surface area contributed by atoms with Gasteiger partial charge in [-0.3, -0.25) is 0 Å². The van der Waals surface area contributed by atoms with Gasteiger partial charge in [0.05, 0.1) is 4.90 Å². The fourth-order valence-electron chi connectivity index (χ4n) is 2.51. The monoisotopic (exact) mass is 313 g/mol. The third kappa shape index (κ3) is 2.98. The number of hydrogen-bond acceptors (Lipinski definition) is 2. The van der Waals surface area contributed by atoms with Gasteiger partial charge in [-0.15, -0.1) is 0 Å². The van der Waals surface area contributed by atoms with Gasteiger partial charge in [0.2, 0.25) is 10.0 Å². The van der Waals surface area contributed by atoms with Crippen molar-refractivity contribution in [2.24, 2.45) is 0 Å². The van der Waals surface area contributed by atoms with E-state index in [0.29, 0.717) is 11.4 Å². The van der Waals surface area contributed by atoms with Crippen molar-refractivity contribution in [3.8, 4) is 0 Å². The van der Waals surface area contributed by atoms with E-state index in [1.54, 1.807) is 16.4 Å². The summed E-state index contributed by atoms with van der Waals surface area (Å²) >= 11 is 0. The lowest BCUT2D eigenvalue weighted by molar-refractivity contribution is 0.244. The minimum atomic E-state index is -3.39. The zero-order chi connectivity index (χ0) is 15.6. The molecule has 114 valence electrons. The van der Waals surface area contributed by atoms with Crippen LogP contribution in [0, 0.1) is 6.92 Å². The lowest BCUT2D eigenvalue weighted by Gasteiger charge is -2.37. The van der Waals surface area contributed by atoms with Gasteiger partial charge in [0, 0.05) is 12.6 Å². The number of sulfonamides is 1. The molecule has 3 rings (SSSR count). The minimum absolute atomic E-state index is 0.0495. The number of aryl methyl sites for hydroxylation is 1. The van der Waals surface area contributed by atoms with E-state index in [4.69, 9.17) is 0 Å². The molecule has 4 heteroatoms. The molecule has 1 aliphatic heterocycles. The Kier molecular flexibility index (Phi) is 4.14. The first kappa shape index (κ1) is 15.0. The molecular weight excluding hydrogens is 294 g/mol. The third-order valence-electron chi connectivity index (χ3n) is 3.95. The molecule has 2 aromatic carbocycles. The van der Waals surface area contributed by atoms with Gasteiger partial charge < -0.3 is 0 Å². The fourth-order valence-corrected chi connectivity index (χ4v) is 4.13. The van der Waals surface area contributed by atoms with Gasteiger partial charge in [0.25, 0.3) is 0 Å². The van der Waals surface area contributed by atoms with Gasteiger partial charge >= 0.3 is 0 Å². The maximum absolute atomic E-state index is 12.6. The van der Waals surface area contributed by atoms with Crippen LogP contribution in [0.15, 0.2) is 65.6 Å². The SMILES string of the molecule is Cc1ccc(S(=O)(=O)N2CCC2C=Cc2ccccc2)cc1. The van der Waals surface area contributed by atoms with E-state index in [2.05, 4.69) is 0 Å². The third-order valence-corrected chi connectivity index (χ3v) is 5.89. The molecule has 2 aromatic rings. The Hall–Kier alpha value is -1.91. The van der Waals surface area contributed by atoms with Gasteiger partial charge in [0.15, 0.2) is 0 Å². The zero-order valence-electron chi connectivity index (χ0n) is 12.5. The summed E-state index contributed by atoms with van der Waals surface area (Å²) in [5.41, 5.74) is 2.14. The lowest BCUT2D eigenvalue weighted by atomic mass is 10.1. The van der Waals surface area contributed by atoms with Crippen LogP contribution in [0.2, 0.25) is 0 Å². The van der Waals surface area contributed by atoms with Gasteiger partial charge in [-0.1, -0.05) is 60.2 Å². The largest absolute Gasteiger partial charge is 0.243 e. The van der Waals surface area contributed by atoms with Crippen LogP contribution < -0.4 is 0 Å². The van der Waals surface area contributed by atoms with Gasteiger partial charge in [-0.25, -0.2) is 8.42 Å². The Morgan fingerprint density at radius 1 is 1.05 bits per heavy atom. The van der Waals surface area contributed by atoms with Crippen LogP contribution in [-0.4, -0.2) is 25.3 Å². The fraction of sp³-hybridized carbons (Fsp3) is 0.222. The molecule has 1 saturated heterocycles. The van der Waals surface area contributed by atoms with E-state index >= 15 is 0 Å². The van der Waals surface area contributed by atoms with Crippen LogP contribution in [0.5, 0.6) is 0 Å². The molecule has 1 heterocycles. The predicted octanol–water partition coefficient (Wildman–Crippen LogP) is 3.47. The Bertz CT molecular complexity index is 764. The number of nitrogens with zero attached hydrogens (tertiary/aromatic N) is 1. The Morgan fingerprint density at radius 2 is 1.73 bits per heavy atom. The summed E-state index contributed by atoms with van der Waals surface area (Å²) in [6, 6.07) is 16.9. The van der Waals surface area contributed by atoms with E-state index in [-0.39, 0.29) is 6.04 Å². The first-order chi connectivity index (χ1) is 10.6. The molecule has 0 spiro atoms. The van der Waals surface area contributed by atoms with E-state index in [9.17, 15) is 8.42 Å². The zero-order valence-corrected chi connectivity index (χ0v) is 13.3. The Morgan fingerprint density at radius 3 is 2.32 bits per heavy atom. The Balaban J connectivity index is 1.77. The molecule has 0 N–H and O–H groups in total. The van der Waals surface area contributed by atoms with Gasteiger partial charge in [0.1, 0.15) is 0 Å². The van der Waals surface area contributed by atoms with Crippen LogP contribution in [0.3, 0.4) is 0 Å². The minimum Gasteiger partial charge on any atom is -0.207 e. The second-order valence-corrected chi connectivity index (χ2v) is 7.45. The van der Waals surface area contributed by atoms with Crippen molar-refractivity contribution in [1.82, 2.24) is 4.31 Å². The average molecular weight is 313 g/mol. The van der Waals surface area contributed by atoms with E-state index in [1.807, 2.05) is 61.5 Å². The van der Waals surface area contributed by atoms with Crippen LogP contribution in [0.4, 0.5) is 0 Å². The van der Waals surface area contributed by atoms with Crippen molar-refractivity contribution < 1.29 is 8.42 Å². The molecular formula is C18H19NO2S. The van der Waals surface area contributed by atoms with Gasteiger partial charge in [-0.2, -0.15) is 4.31 Å². The normalized spacial score (nSPS) is 19.2. The maximum Gasteiger partial charge on any atom is 0.243 e. The first-order valence-electron chi connectivity index (χ1n) is 7.39. The van der Waals surface area contributed by atoms with Crippen molar-refractivity contribution in [1.29, 1.82) is 0 Å². The smallest absolute Gasteiger partial charge is 0.207 e. The second kappa shape index (κ2) is 6.07. The highest BCUT2D eigenvalue weighted by molar-refractivity contribution is 7.89. The molecule has 1 unspecified atom stereocenters. The highest BCUT2D eigenvalue weighted by Crippen LogP contribution is 2.28. The molecule has 1 aliphatic rings. The molecule has 0 aromatic heterocycles. The van der Waals surface area contributed by atoms with Crippen molar-refractivity contribution in [3.63, 3.8) is 0 Å². The quantitative estimate of drug-likeness (QED) is 0.866. The summed E-state index contributed by atoms with van der Waals surface area (Å²) in [5, 5.41) is 0. The maximum atomic E-state index is 12.6. The van der Waals surface area contributed by atoms with Crippen LogP contribution >= 0.6 is 0 Å². The average Bonchev–Trinajstić information content (AvgIpc) is 2.47. The summed E-state index contributed by atoms with van der Waals surface area (Å²) in [6.07, 6.45) is 4.83. The molecule has 22 heavy (non-hydrogen) atoms. The van der Waals surface area contributed by atoms with E-state index < -0.39 is 10.0 Å². The lowest BCUT2D eigenvalue weighted by Crippen LogP contribution is -2.49. The first-order valence-corrected chi connectivity index (χ1v) is 8.83. The molecule has 3 nitrogen and oxygen atoms in total. The summed E-state index contributed by atoms with van der Waals surface area (Å²) in [5.74, 6) is 0. The summed E-state index contributed by atoms with van der Waals surface area (Å²) < 4.78 is 26.8. The van der Waals surface area contributed by atoms with Crippen LogP contribution in [0.25, 0.3) is 6.08 Å². The van der Waals surface area contributed by atoms with Crippen LogP contribution in [-0.2, 0) is 10.0 Å². The molecule has 1 atom stereocenters. The number of hydrogen-bond donors (Lipinski definition) is 0. The highest BCUT2D eigenvalue weighted by Gasteiger charge is 2.36. The highest BCUT2D eigenvalue weighted by atomic mass is 32.2. The Labute approximate surface area is 132 Å². The second-order valence-electron chi connectivity index (χ2n) is 5.55. The standard InChI is InChI=1S/C18H19NO2S/c1-15-7-11-18(12-8-15)22(20,21)19-14-13-17(19)10-9-16-5-3-2-4-6-16/h2-12,17H,13-14H2,1H3. The van der Waals surface area contributed by atoms with Gasteiger partial charge in [-0.05, 0) is 31.0 Å².